The molecule has 0 radical (unpaired) electrons. The Morgan fingerprint density at radius 2 is 1.79 bits per heavy atom. The molecular weight excluding hydrogens is 298 g/mol. The van der Waals surface area contributed by atoms with E-state index in [1.54, 1.807) is 7.11 Å². The third-order valence-corrected chi connectivity index (χ3v) is 4.82. The lowest BCUT2D eigenvalue weighted by molar-refractivity contribution is 0.0748. The minimum absolute atomic E-state index is 0.0487. The maximum Gasteiger partial charge on any atom is 0.258 e. The van der Waals surface area contributed by atoms with E-state index >= 15 is 0 Å². The minimum Gasteiger partial charge on any atom is -0.496 e. The number of amides is 1. The monoisotopic (exact) mass is 323 g/mol. The van der Waals surface area contributed by atoms with Crippen LogP contribution in [0, 0.1) is 0 Å². The quantitative estimate of drug-likeness (QED) is 0.827. The molecule has 1 aliphatic heterocycles. The third-order valence-electron chi connectivity index (χ3n) is 4.82. The maximum absolute atomic E-state index is 13.1. The molecule has 0 N–H and O–H groups in total. The van der Waals surface area contributed by atoms with Crippen molar-refractivity contribution in [3.05, 3.63) is 64.2 Å². The predicted molar refractivity (Wildman–Crippen MR) is 96.5 cm³/mol. The van der Waals surface area contributed by atoms with Crippen molar-refractivity contribution in [2.45, 2.75) is 46.2 Å². The van der Waals surface area contributed by atoms with Crippen LogP contribution in [0.5, 0.6) is 5.75 Å². The highest BCUT2D eigenvalue weighted by Crippen LogP contribution is 2.32. The van der Waals surface area contributed by atoms with Crippen LogP contribution in [0.1, 0.15) is 59.3 Å². The molecule has 0 saturated carbocycles. The van der Waals surface area contributed by atoms with Gasteiger partial charge in [0.05, 0.1) is 12.7 Å². The fourth-order valence-corrected chi connectivity index (χ4v) is 3.47. The molecule has 126 valence electrons. The van der Waals surface area contributed by atoms with Crippen LogP contribution in [0.25, 0.3) is 0 Å². The van der Waals surface area contributed by atoms with Gasteiger partial charge in [-0.05, 0) is 46.7 Å². The summed E-state index contributed by atoms with van der Waals surface area (Å²) >= 11 is 0. The van der Waals surface area contributed by atoms with Crippen molar-refractivity contribution >= 4 is 5.91 Å². The molecule has 1 aliphatic rings. The molecular formula is C21H25NO2. The van der Waals surface area contributed by atoms with Crippen molar-refractivity contribution in [3.8, 4) is 5.75 Å². The van der Waals surface area contributed by atoms with Gasteiger partial charge in [-0.25, -0.2) is 0 Å². The lowest BCUT2D eigenvalue weighted by atomic mass is 9.92. The van der Waals surface area contributed by atoms with Crippen LogP contribution in [0.2, 0.25) is 0 Å². The normalized spacial score (nSPS) is 13.3. The molecule has 0 spiro atoms. The van der Waals surface area contributed by atoms with E-state index < -0.39 is 0 Å². The van der Waals surface area contributed by atoms with Crippen LogP contribution in [0.4, 0.5) is 0 Å². The van der Waals surface area contributed by atoms with Crippen molar-refractivity contribution < 1.29 is 9.53 Å². The number of hydrogen-bond acceptors (Lipinski definition) is 2. The van der Waals surface area contributed by atoms with Crippen LogP contribution < -0.4 is 4.74 Å². The number of aryl methyl sites for hydroxylation is 1. The van der Waals surface area contributed by atoms with Crippen LogP contribution in [0.3, 0.4) is 0 Å². The van der Waals surface area contributed by atoms with Gasteiger partial charge < -0.3 is 9.64 Å². The molecule has 1 amide bonds. The second-order valence-corrected chi connectivity index (χ2v) is 6.69. The predicted octanol–water partition coefficient (Wildman–Crippen LogP) is 4.54. The van der Waals surface area contributed by atoms with Gasteiger partial charge in [-0.15, -0.1) is 0 Å². The zero-order chi connectivity index (χ0) is 17.3. The van der Waals surface area contributed by atoms with Crippen molar-refractivity contribution in [3.63, 3.8) is 0 Å². The van der Waals surface area contributed by atoms with E-state index in [0.29, 0.717) is 30.3 Å². The summed E-state index contributed by atoms with van der Waals surface area (Å²) in [4.78, 5) is 15.0. The molecule has 0 aliphatic carbocycles. The van der Waals surface area contributed by atoms with Gasteiger partial charge in [-0.3, -0.25) is 4.79 Å². The summed E-state index contributed by atoms with van der Waals surface area (Å²) in [6.07, 6.45) is 0.938. The number of carbonyl (C=O) groups is 1. The number of fused-ring (bicyclic) bond motifs is 1. The van der Waals surface area contributed by atoms with E-state index in [4.69, 9.17) is 4.74 Å². The Labute approximate surface area is 144 Å². The van der Waals surface area contributed by atoms with Gasteiger partial charge in [0, 0.05) is 13.1 Å². The van der Waals surface area contributed by atoms with Crippen molar-refractivity contribution in [2.24, 2.45) is 0 Å². The summed E-state index contributed by atoms with van der Waals surface area (Å²) in [6.45, 7) is 7.82. The number of nitrogens with zero attached hydrogens (tertiary/aromatic N) is 1. The van der Waals surface area contributed by atoms with E-state index in [1.807, 2.05) is 29.2 Å². The first-order valence-corrected chi connectivity index (χ1v) is 8.62. The smallest absolute Gasteiger partial charge is 0.258 e. The van der Waals surface area contributed by atoms with Crippen molar-refractivity contribution in [1.29, 1.82) is 0 Å². The molecule has 0 bridgehead atoms. The molecule has 0 saturated heterocycles. The summed E-state index contributed by atoms with van der Waals surface area (Å²) in [5.41, 5.74) is 5.63. The van der Waals surface area contributed by atoms with E-state index in [0.717, 1.165) is 6.42 Å². The number of benzene rings is 2. The Hall–Kier alpha value is -2.29. The van der Waals surface area contributed by atoms with Gasteiger partial charge in [-0.1, -0.05) is 45.0 Å². The summed E-state index contributed by atoms with van der Waals surface area (Å²) in [5.74, 6) is 1.11. The lowest BCUT2D eigenvalue weighted by Crippen LogP contribution is -2.26. The first kappa shape index (κ1) is 16.6. The molecule has 2 aromatic carbocycles. The largest absolute Gasteiger partial charge is 0.496 e. The molecule has 3 nitrogen and oxygen atoms in total. The molecule has 0 aromatic heterocycles. The Bertz CT molecular complexity index is 739. The third kappa shape index (κ3) is 2.91. The molecule has 0 fully saturated rings. The molecule has 3 heteroatoms. The van der Waals surface area contributed by atoms with Gasteiger partial charge in [0.25, 0.3) is 5.91 Å². The highest BCUT2D eigenvalue weighted by molar-refractivity contribution is 5.97. The zero-order valence-corrected chi connectivity index (χ0v) is 14.9. The summed E-state index contributed by atoms with van der Waals surface area (Å²) in [7, 11) is 1.64. The first-order chi connectivity index (χ1) is 11.5. The number of ether oxygens (including phenoxy) is 1. The van der Waals surface area contributed by atoms with Crippen LogP contribution in [-0.4, -0.2) is 17.9 Å². The molecule has 3 rings (SSSR count). The SMILES string of the molecule is CCc1cc(OC)c(C(=O)N2Cc3ccccc3C2)cc1C(C)C. The van der Waals surface area contributed by atoms with Gasteiger partial charge in [0.1, 0.15) is 5.75 Å². The highest BCUT2D eigenvalue weighted by atomic mass is 16.5. The Morgan fingerprint density at radius 1 is 1.17 bits per heavy atom. The Balaban J connectivity index is 1.97. The zero-order valence-electron chi connectivity index (χ0n) is 14.9. The van der Waals surface area contributed by atoms with E-state index in [9.17, 15) is 4.79 Å². The van der Waals surface area contributed by atoms with Crippen LogP contribution in [-0.2, 0) is 19.5 Å². The van der Waals surface area contributed by atoms with Crippen LogP contribution in [0.15, 0.2) is 36.4 Å². The van der Waals surface area contributed by atoms with Gasteiger partial charge in [-0.2, -0.15) is 0 Å². The summed E-state index contributed by atoms with van der Waals surface area (Å²) in [5, 5.41) is 0. The van der Waals surface area contributed by atoms with Crippen LogP contribution >= 0.6 is 0 Å². The van der Waals surface area contributed by atoms with E-state index in [1.165, 1.54) is 22.3 Å². The van der Waals surface area contributed by atoms with Crippen molar-refractivity contribution in [1.82, 2.24) is 4.90 Å². The topological polar surface area (TPSA) is 29.5 Å². The van der Waals surface area contributed by atoms with E-state index in [2.05, 4.69) is 32.9 Å². The second kappa shape index (κ2) is 6.68. The number of methoxy groups -OCH3 is 1. The molecule has 24 heavy (non-hydrogen) atoms. The summed E-state index contributed by atoms with van der Waals surface area (Å²) < 4.78 is 5.53. The summed E-state index contributed by atoms with van der Waals surface area (Å²) in [6, 6.07) is 12.3. The first-order valence-electron chi connectivity index (χ1n) is 8.62. The lowest BCUT2D eigenvalue weighted by Gasteiger charge is -2.21. The molecule has 0 atom stereocenters. The number of rotatable bonds is 4. The van der Waals surface area contributed by atoms with Gasteiger partial charge >= 0.3 is 0 Å². The molecule has 1 heterocycles. The van der Waals surface area contributed by atoms with Gasteiger partial charge in [0.2, 0.25) is 0 Å². The molecule has 2 aromatic rings. The van der Waals surface area contributed by atoms with Gasteiger partial charge in [0.15, 0.2) is 0 Å². The van der Waals surface area contributed by atoms with Crippen molar-refractivity contribution in [2.75, 3.05) is 7.11 Å². The second-order valence-electron chi connectivity index (χ2n) is 6.69. The minimum atomic E-state index is 0.0487. The highest BCUT2D eigenvalue weighted by Gasteiger charge is 2.27. The van der Waals surface area contributed by atoms with E-state index in [-0.39, 0.29) is 5.91 Å². The maximum atomic E-state index is 13.1. The average molecular weight is 323 g/mol. The standard InChI is InChI=1S/C21H25NO2/c1-5-15-10-20(24-4)19(11-18(15)14(2)3)21(23)22-12-16-8-6-7-9-17(16)13-22/h6-11,14H,5,12-13H2,1-4H3. The average Bonchev–Trinajstić information content (AvgIpc) is 3.03. The fourth-order valence-electron chi connectivity index (χ4n) is 3.47. The Kier molecular flexibility index (Phi) is 4.61. The Morgan fingerprint density at radius 3 is 2.29 bits per heavy atom. The molecule has 0 unspecified atom stereocenters. The fraction of sp³-hybridized carbons (Fsp3) is 0.381. The number of hydrogen-bond donors (Lipinski definition) is 0. The number of carbonyl (C=O) groups excluding carboxylic acids is 1.